The third-order valence-electron chi connectivity index (χ3n) is 3.05. The van der Waals surface area contributed by atoms with E-state index in [1.165, 1.54) is 0 Å². The molecule has 0 spiro atoms. The Morgan fingerprint density at radius 3 is 2.94 bits per heavy atom. The van der Waals surface area contributed by atoms with Crippen LogP contribution >= 0.6 is 0 Å². The van der Waals surface area contributed by atoms with Crippen LogP contribution in [0.1, 0.15) is 25.5 Å². The van der Waals surface area contributed by atoms with Crippen molar-refractivity contribution in [2.45, 2.75) is 19.9 Å². The van der Waals surface area contributed by atoms with E-state index >= 15 is 0 Å². The molecule has 2 rings (SSSR count). The van der Waals surface area contributed by atoms with Gasteiger partial charge in [-0.2, -0.15) is 0 Å². The van der Waals surface area contributed by atoms with Crippen molar-refractivity contribution in [3.8, 4) is 5.75 Å². The zero-order chi connectivity index (χ0) is 12.5. The maximum Gasteiger partial charge on any atom is 0.407 e. The molecule has 1 aromatic carbocycles. The van der Waals surface area contributed by atoms with Crippen LogP contribution in [0.4, 0.5) is 4.79 Å². The van der Waals surface area contributed by atoms with Crippen molar-refractivity contribution in [1.29, 1.82) is 0 Å². The molecule has 1 saturated heterocycles. The Kier molecular flexibility index (Phi) is 2.96. The Labute approximate surface area is 101 Å². The lowest BCUT2D eigenvalue weighted by Gasteiger charge is -2.38. The molecule has 1 aliphatic heterocycles. The third kappa shape index (κ3) is 2.35. The molecule has 0 unspecified atom stereocenters. The van der Waals surface area contributed by atoms with Gasteiger partial charge in [0.15, 0.2) is 0 Å². The summed E-state index contributed by atoms with van der Waals surface area (Å²) >= 11 is 0. The van der Waals surface area contributed by atoms with Crippen LogP contribution in [0.3, 0.4) is 0 Å². The number of nitrogens with one attached hydrogen (secondary N) is 1. The summed E-state index contributed by atoms with van der Waals surface area (Å²) in [6.45, 7) is 4.55. The highest BCUT2D eigenvalue weighted by Crippen LogP contribution is 2.37. The van der Waals surface area contributed by atoms with Crippen LogP contribution in [0.25, 0.3) is 0 Å². The molecule has 4 nitrogen and oxygen atoms in total. The van der Waals surface area contributed by atoms with E-state index in [0.29, 0.717) is 6.61 Å². The summed E-state index contributed by atoms with van der Waals surface area (Å²) in [4.78, 5) is 11.3. The zero-order valence-corrected chi connectivity index (χ0v) is 10.3. The third-order valence-corrected chi connectivity index (χ3v) is 3.05. The summed E-state index contributed by atoms with van der Waals surface area (Å²) < 4.78 is 10.2. The van der Waals surface area contributed by atoms with Gasteiger partial charge in [-0.3, -0.25) is 0 Å². The van der Waals surface area contributed by atoms with Crippen LogP contribution in [0, 0.1) is 5.41 Å². The summed E-state index contributed by atoms with van der Waals surface area (Å²) in [5.41, 5.74) is 0.895. The minimum absolute atomic E-state index is 0.0566. The van der Waals surface area contributed by atoms with E-state index in [1.54, 1.807) is 7.11 Å². The first kappa shape index (κ1) is 11.8. The monoisotopic (exact) mass is 235 g/mol. The molecule has 1 atom stereocenters. The number of carbonyl (C=O) groups is 1. The number of cyclic esters (lactones) is 1. The predicted octanol–water partition coefficient (Wildman–Crippen LogP) is 2.50. The maximum atomic E-state index is 11.3. The van der Waals surface area contributed by atoms with Gasteiger partial charge >= 0.3 is 6.09 Å². The highest BCUT2D eigenvalue weighted by molar-refractivity contribution is 5.69. The highest BCUT2D eigenvalue weighted by Gasteiger charge is 2.37. The number of hydrogen-bond acceptors (Lipinski definition) is 3. The van der Waals surface area contributed by atoms with Crippen LogP contribution in [-0.2, 0) is 4.74 Å². The van der Waals surface area contributed by atoms with Gasteiger partial charge in [0.2, 0.25) is 0 Å². The molecule has 1 heterocycles. The largest absolute Gasteiger partial charge is 0.497 e. The number of rotatable bonds is 2. The van der Waals surface area contributed by atoms with Crippen molar-refractivity contribution in [1.82, 2.24) is 5.32 Å². The fourth-order valence-corrected chi connectivity index (χ4v) is 2.05. The molecular formula is C13H17NO3. The maximum absolute atomic E-state index is 11.3. The Bertz CT molecular complexity index is 428. The second kappa shape index (κ2) is 4.28. The minimum Gasteiger partial charge on any atom is -0.497 e. The molecule has 92 valence electrons. The molecule has 1 aromatic rings. The molecule has 0 saturated carbocycles. The first-order chi connectivity index (χ1) is 8.03. The van der Waals surface area contributed by atoms with E-state index in [2.05, 4.69) is 19.2 Å². The SMILES string of the molecule is COc1cccc([C@@H]2NC(=O)OCC2(C)C)c1. The van der Waals surface area contributed by atoms with E-state index in [4.69, 9.17) is 9.47 Å². The number of alkyl carbamates (subject to hydrolysis) is 1. The topological polar surface area (TPSA) is 47.6 Å². The first-order valence-corrected chi connectivity index (χ1v) is 5.60. The summed E-state index contributed by atoms with van der Waals surface area (Å²) in [5.74, 6) is 0.791. The van der Waals surface area contributed by atoms with Crippen LogP contribution in [0.5, 0.6) is 5.75 Å². The van der Waals surface area contributed by atoms with E-state index in [1.807, 2.05) is 24.3 Å². The molecule has 17 heavy (non-hydrogen) atoms. The smallest absolute Gasteiger partial charge is 0.407 e. The fraction of sp³-hybridized carbons (Fsp3) is 0.462. The van der Waals surface area contributed by atoms with Gasteiger partial charge in [-0.25, -0.2) is 4.79 Å². The van der Waals surface area contributed by atoms with Crippen molar-refractivity contribution in [3.63, 3.8) is 0 Å². The van der Waals surface area contributed by atoms with Crippen molar-refractivity contribution in [2.24, 2.45) is 5.41 Å². The first-order valence-electron chi connectivity index (χ1n) is 5.60. The molecule has 4 heteroatoms. The number of benzene rings is 1. The Balaban J connectivity index is 2.32. The van der Waals surface area contributed by atoms with Gasteiger partial charge in [0, 0.05) is 5.41 Å². The normalized spacial score (nSPS) is 22.5. The van der Waals surface area contributed by atoms with Gasteiger partial charge in [0.25, 0.3) is 0 Å². The van der Waals surface area contributed by atoms with Gasteiger partial charge < -0.3 is 14.8 Å². The predicted molar refractivity (Wildman–Crippen MR) is 64.0 cm³/mol. The number of hydrogen-bond donors (Lipinski definition) is 1. The second-order valence-corrected chi connectivity index (χ2v) is 4.92. The van der Waals surface area contributed by atoms with Gasteiger partial charge in [-0.05, 0) is 17.7 Å². The van der Waals surface area contributed by atoms with Crippen molar-refractivity contribution in [2.75, 3.05) is 13.7 Å². The molecule has 1 aliphatic rings. The average molecular weight is 235 g/mol. The van der Waals surface area contributed by atoms with E-state index < -0.39 is 0 Å². The Morgan fingerprint density at radius 2 is 2.24 bits per heavy atom. The molecule has 1 N–H and O–H groups in total. The number of ether oxygens (including phenoxy) is 2. The van der Waals surface area contributed by atoms with Crippen LogP contribution in [0.2, 0.25) is 0 Å². The van der Waals surface area contributed by atoms with Crippen molar-refractivity contribution >= 4 is 6.09 Å². The zero-order valence-electron chi connectivity index (χ0n) is 10.3. The molecule has 0 bridgehead atoms. The molecular weight excluding hydrogens is 218 g/mol. The number of methoxy groups -OCH3 is 1. The van der Waals surface area contributed by atoms with E-state index in [0.717, 1.165) is 11.3 Å². The molecule has 1 fully saturated rings. The lowest BCUT2D eigenvalue weighted by atomic mass is 9.80. The van der Waals surface area contributed by atoms with Crippen molar-refractivity contribution in [3.05, 3.63) is 29.8 Å². The summed E-state index contributed by atoms with van der Waals surface area (Å²) in [5, 5.41) is 2.86. The molecule has 0 radical (unpaired) electrons. The second-order valence-electron chi connectivity index (χ2n) is 4.92. The standard InChI is InChI=1S/C13H17NO3/c1-13(2)8-17-12(15)14-11(13)9-5-4-6-10(7-9)16-3/h4-7,11H,8H2,1-3H3,(H,14,15)/t11-/m0/s1. The molecule has 1 amide bonds. The van der Waals surface area contributed by atoms with Gasteiger partial charge in [-0.15, -0.1) is 0 Å². The minimum atomic E-state index is -0.364. The van der Waals surface area contributed by atoms with Crippen LogP contribution in [-0.4, -0.2) is 19.8 Å². The van der Waals surface area contributed by atoms with Gasteiger partial charge in [0.05, 0.1) is 13.2 Å². The number of carbonyl (C=O) groups excluding carboxylic acids is 1. The fourth-order valence-electron chi connectivity index (χ4n) is 2.05. The van der Waals surface area contributed by atoms with Gasteiger partial charge in [0.1, 0.15) is 12.4 Å². The molecule has 0 aromatic heterocycles. The van der Waals surface area contributed by atoms with Crippen LogP contribution in [0.15, 0.2) is 24.3 Å². The van der Waals surface area contributed by atoms with E-state index in [-0.39, 0.29) is 17.6 Å². The quantitative estimate of drug-likeness (QED) is 0.856. The Hall–Kier alpha value is -1.71. The Morgan fingerprint density at radius 1 is 1.47 bits per heavy atom. The highest BCUT2D eigenvalue weighted by atomic mass is 16.6. The molecule has 0 aliphatic carbocycles. The van der Waals surface area contributed by atoms with Crippen molar-refractivity contribution < 1.29 is 14.3 Å². The summed E-state index contributed by atoms with van der Waals surface area (Å²) in [7, 11) is 1.63. The summed E-state index contributed by atoms with van der Waals surface area (Å²) in [6, 6.07) is 7.68. The van der Waals surface area contributed by atoms with Crippen LogP contribution < -0.4 is 10.1 Å². The number of amides is 1. The van der Waals surface area contributed by atoms with E-state index in [9.17, 15) is 4.79 Å². The lowest BCUT2D eigenvalue weighted by molar-refractivity contribution is 0.0387. The average Bonchev–Trinajstić information content (AvgIpc) is 2.32. The lowest BCUT2D eigenvalue weighted by Crippen LogP contribution is -2.46. The van der Waals surface area contributed by atoms with Gasteiger partial charge in [-0.1, -0.05) is 26.0 Å². The summed E-state index contributed by atoms with van der Waals surface area (Å²) in [6.07, 6.45) is -0.364.